The molecule has 2 aromatic rings. The molecule has 2 aromatic carbocycles. The molecule has 0 unspecified atom stereocenters. The van der Waals surface area contributed by atoms with Crippen LogP contribution >= 0.6 is 0 Å². The van der Waals surface area contributed by atoms with Crippen LogP contribution in [0.4, 0.5) is 0 Å². The Kier molecular flexibility index (Phi) is 7.85. The van der Waals surface area contributed by atoms with Crippen LogP contribution < -0.4 is 0 Å². The zero-order valence-electron chi connectivity index (χ0n) is 11.3. The number of unbranched alkanes of at least 4 members (excludes halogenated alkanes) is 1. The molecular formula is C16H22OSi. The molecule has 0 aliphatic rings. The van der Waals surface area contributed by atoms with Gasteiger partial charge in [-0.1, -0.05) is 74.0 Å². The fourth-order valence-corrected chi connectivity index (χ4v) is 1.84. The lowest BCUT2D eigenvalue weighted by molar-refractivity contribution is 0.339. The van der Waals surface area contributed by atoms with Crippen LogP contribution in [0.2, 0.25) is 0 Å². The minimum atomic E-state index is 0.903. The van der Waals surface area contributed by atoms with Crippen molar-refractivity contribution in [1.82, 2.24) is 0 Å². The summed E-state index contributed by atoms with van der Waals surface area (Å²) in [7, 11) is 0.903. The van der Waals surface area contributed by atoms with E-state index in [1.165, 1.54) is 24.0 Å². The molecule has 0 heterocycles. The molecule has 2 rings (SSSR count). The minimum absolute atomic E-state index is 0.903. The molecular weight excluding hydrogens is 236 g/mol. The van der Waals surface area contributed by atoms with E-state index in [2.05, 4.69) is 55.5 Å². The Morgan fingerprint density at radius 2 is 1.28 bits per heavy atom. The van der Waals surface area contributed by atoms with Crippen LogP contribution in [0.1, 0.15) is 19.8 Å². The van der Waals surface area contributed by atoms with E-state index >= 15 is 0 Å². The molecule has 18 heavy (non-hydrogen) atoms. The lowest BCUT2D eigenvalue weighted by Crippen LogP contribution is -1.85. The Bertz CT molecular complexity index is 358. The Morgan fingerprint density at radius 1 is 0.833 bits per heavy atom. The van der Waals surface area contributed by atoms with Crippen molar-refractivity contribution in [2.24, 2.45) is 0 Å². The fraction of sp³-hybridized carbons (Fsp3) is 0.250. The van der Waals surface area contributed by atoms with Crippen molar-refractivity contribution in [3.05, 3.63) is 60.7 Å². The summed E-state index contributed by atoms with van der Waals surface area (Å²) in [5.74, 6) is 0. The van der Waals surface area contributed by atoms with Crippen LogP contribution in [0.25, 0.3) is 11.1 Å². The van der Waals surface area contributed by atoms with Crippen molar-refractivity contribution < 1.29 is 4.43 Å². The molecule has 0 aromatic heterocycles. The van der Waals surface area contributed by atoms with Crippen molar-refractivity contribution >= 4 is 10.5 Å². The Hall–Kier alpha value is -1.38. The van der Waals surface area contributed by atoms with Gasteiger partial charge in [0, 0.05) is 6.61 Å². The molecule has 0 N–H and O–H groups in total. The van der Waals surface area contributed by atoms with Gasteiger partial charge in [-0.2, -0.15) is 0 Å². The van der Waals surface area contributed by atoms with E-state index in [0.29, 0.717) is 0 Å². The number of benzene rings is 2. The SMILES string of the molecule is CCCCO[SiH3].c1ccc(-c2ccccc2)cc1. The molecule has 0 saturated carbocycles. The van der Waals surface area contributed by atoms with Gasteiger partial charge in [0.2, 0.25) is 0 Å². The van der Waals surface area contributed by atoms with Gasteiger partial charge < -0.3 is 4.43 Å². The number of rotatable bonds is 4. The lowest BCUT2D eigenvalue weighted by Gasteiger charge is -1.98. The second-order valence-electron chi connectivity index (χ2n) is 4.08. The monoisotopic (exact) mass is 258 g/mol. The number of hydrogen-bond donors (Lipinski definition) is 0. The van der Waals surface area contributed by atoms with Crippen LogP contribution in [-0.2, 0) is 4.43 Å². The van der Waals surface area contributed by atoms with Gasteiger partial charge in [0.05, 0.1) is 0 Å². The van der Waals surface area contributed by atoms with Gasteiger partial charge in [-0.3, -0.25) is 0 Å². The maximum atomic E-state index is 4.92. The quantitative estimate of drug-likeness (QED) is 0.603. The van der Waals surface area contributed by atoms with Gasteiger partial charge in [-0.15, -0.1) is 0 Å². The molecule has 0 bridgehead atoms. The van der Waals surface area contributed by atoms with Crippen molar-refractivity contribution in [2.75, 3.05) is 6.61 Å². The van der Waals surface area contributed by atoms with E-state index in [4.69, 9.17) is 4.43 Å². The van der Waals surface area contributed by atoms with Gasteiger partial charge >= 0.3 is 0 Å². The highest BCUT2D eigenvalue weighted by Crippen LogP contribution is 2.17. The van der Waals surface area contributed by atoms with Crippen molar-refractivity contribution in [3.8, 4) is 11.1 Å². The Morgan fingerprint density at radius 3 is 1.56 bits per heavy atom. The normalized spacial score (nSPS) is 9.61. The highest BCUT2D eigenvalue weighted by Gasteiger charge is 1.91. The van der Waals surface area contributed by atoms with E-state index < -0.39 is 0 Å². The summed E-state index contributed by atoms with van der Waals surface area (Å²) in [6.45, 7) is 3.14. The summed E-state index contributed by atoms with van der Waals surface area (Å²) in [6, 6.07) is 20.8. The first-order chi connectivity index (χ1) is 8.88. The third-order valence-corrected chi connectivity index (χ3v) is 2.99. The molecule has 0 aliphatic heterocycles. The average molecular weight is 258 g/mol. The molecule has 0 saturated heterocycles. The van der Waals surface area contributed by atoms with E-state index in [9.17, 15) is 0 Å². The van der Waals surface area contributed by atoms with Crippen molar-refractivity contribution in [2.45, 2.75) is 19.8 Å². The standard InChI is InChI=1S/C12H10.C4H12OSi/c1-3-7-11(8-4-1)12-9-5-2-6-10-12;1-2-3-4-5-6/h1-10H;2-4H2,1,6H3. The molecule has 0 amide bonds. The van der Waals surface area contributed by atoms with Gasteiger partial charge in [0.15, 0.2) is 0 Å². The highest BCUT2D eigenvalue weighted by molar-refractivity contribution is 5.97. The van der Waals surface area contributed by atoms with Crippen LogP contribution in [0, 0.1) is 0 Å². The maximum absolute atomic E-state index is 4.92. The Labute approximate surface area is 113 Å². The second kappa shape index (κ2) is 9.63. The van der Waals surface area contributed by atoms with Gasteiger partial charge in [0.1, 0.15) is 10.5 Å². The third-order valence-electron chi connectivity index (χ3n) is 2.58. The molecule has 0 fully saturated rings. The molecule has 0 radical (unpaired) electrons. The smallest absolute Gasteiger partial charge is 0.145 e. The van der Waals surface area contributed by atoms with Crippen molar-refractivity contribution in [3.63, 3.8) is 0 Å². The predicted octanol–water partition coefficient (Wildman–Crippen LogP) is 3.44. The van der Waals surface area contributed by atoms with Gasteiger partial charge in [0.25, 0.3) is 0 Å². The predicted molar refractivity (Wildman–Crippen MR) is 82.7 cm³/mol. The minimum Gasteiger partial charge on any atom is -0.428 e. The summed E-state index contributed by atoms with van der Waals surface area (Å²) >= 11 is 0. The van der Waals surface area contributed by atoms with Crippen LogP contribution in [0.3, 0.4) is 0 Å². The number of hydrogen-bond acceptors (Lipinski definition) is 1. The maximum Gasteiger partial charge on any atom is 0.145 e. The molecule has 1 nitrogen and oxygen atoms in total. The largest absolute Gasteiger partial charge is 0.428 e. The summed E-state index contributed by atoms with van der Waals surface area (Å²) in [5.41, 5.74) is 2.55. The fourth-order valence-electron chi connectivity index (χ4n) is 1.55. The van der Waals surface area contributed by atoms with E-state index in [1.807, 2.05) is 12.1 Å². The molecule has 0 aliphatic carbocycles. The molecule has 0 atom stereocenters. The molecule has 96 valence electrons. The summed E-state index contributed by atoms with van der Waals surface area (Å²) in [6.07, 6.45) is 2.48. The topological polar surface area (TPSA) is 9.23 Å². The summed E-state index contributed by atoms with van der Waals surface area (Å²) < 4.78 is 4.92. The van der Waals surface area contributed by atoms with Gasteiger partial charge in [-0.05, 0) is 17.5 Å². The Balaban J connectivity index is 0.000000232. The molecule has 0 spiro atoms. The van der Waals surface area contributed by atoms with Crippen LogP contribution in [0.5, 0.6) is 0 Å². The van der Waals surface area contributed by atoms with Crippen molar-refractivity contribution in [1.29, 1.82) is 0 Å². The third kappa shape index (κ3) is 5.80. The zero-order valence-corrected chi connectivity index (χ0v) is 13.3. The van der Waals surface area contributed by atoms with E-state index in [-0.39, 0.29) is 0 Å². The first kappa shape index (κ1) is 14.7. The first-order valence-corrected chi connectivity index (χ1v) is 7.29. The van der Waals surface area contributed by atoms with E-state index in [1.54, 1.807) is 0 Å². The first-order valence-electron chi connectivity index (χ1n) is 6.48. The lowest BCUT2D eigenvalue weighted by atomic mass is 10.1. The zero-order chi connectivity index (χ0) is 13.1. The average Bonchev–Trinajstić information content (AvgIpc) is 2.48. The molecule has 2 heteroatoms. The highest BCUT2D eigenvalue weighted by atomic mass is 28.2. The summed E-state index contributed by atoms with van der Waals surface area (Å²) in [4.78, 5) is 0. The second-order valence-corrected chi connectivity index (χ2v) is 4.66. The van der Waals surface area contributed by atoms with Crippen LogP contribution in [-0.4, -0.2) is 17.1 Å². The van der Waals surface area contributed by atoms with Gasteiger partial charge in [-0.25, -0.2) is 0 Å². The van der Waals surface area contributed by atoms with Crippen LogP contribution in [0.15, 0.2) is 60.7 Å². The summed E-state index contributed by atoms with van der Waals surface area (Å²) in [5, 5.41) is 0. The van der Waals surface area contributed by atoms with E-state index in [0.717, 1.165) is 17.1 Å².